The Bertz CT molecular complexity index is 6800. The summed E-state index contributed by atoms with van der Waals surface area (Å²) >= 11 is 0. The van der Waals surface area contributed by atoms with Gasteiger partial charge in [0.2, 0.25) is 38.8 Å². The number of hydrogen-bond donors (Lipinski definition) is 3. The quantitative estimate of drug-likeness (QED) is 0.0119. The van der Waals surface area contributed by atoms with Crippen LogP contribution in [0, 0.1) is 90.6 Å². The number of hydroxylamine groups is 2. The van der Waals surface area contributed by atoms with Gasteiger partial charge in [0.15, 0.2) is 19.8 Å². The summed E-state index contributed by atoms with van der Waals surface area (Å²) in [6, 6.07) is 42.5. The molecule has 124 heavy (non-hydrogen) atoms. The van der Waals surface area contributed by atoms with E-state index in [2.05, 4.69) is 51.3 Å². The molecule has 3 heterocycles. The number of ether oxygens (including phenoxy) is 2. The van der Waals surface area contributed by atoms with E-state index in [0.29, 0.717) is 100 Å². The molecule has 0 aliphatic rings. The number of carbonyl (C=O) groups excluding carboxylic acids is 3. The Morgan fingerprint density at radius 1 is 0.411 bits per heavy atom. The van der Waals surface area contributed by atoms with Crippen molar-refractivity contribution in [1.29, 1.82) is 0 Å². The van der Waals surface area contributed by atoms with Crippen LogP contribution in [0.25, 0.3) is 43.4 Å². The first kappa shape index (κ1) is 87.1. The van der Waals surface area contributed by atoms with Gasteiger partial charge in [0.05, 0.1) is 93.6 Å². The Hall–Kier alpha value is -17.8. The summed E-state index contributed by atoms with van der Waals surface area (Å²) in [5.74, 6) is -8.54. The van der Waals surface area contributed by atoms with Crippen molar-refractivity contribution in [2.75, 3.05) is 40.1 Å². The highest BCUT2D eigenvalue weighted by Gasteiger charge is 2.34. The molecule has 630 valence electrons. The average Bonchev–Trinajstić information content (AvgIpc) is 0.781. The van der Waals surface area contributed by atoms with E-state index in [1.807, 2.05) is 0 Å². The number of H-pyrrole nitrogens is 3. The second kappa shape index (κ2) is 37.7. The Balaban J connectivity index is 0.000000182. The summed E-state index contributed by atoms with van der Waals surface area (Å²) in [5.41, 5.74) is -2.93. The van der Waals surface area contributed by atoms with Crippen LogP contribution in [0.1, 0.15) is 70.4 Å². The lowest BCUT2D eigenvalue weighted by molar-refractivity contribution is -0.695. The van der Waals surface area contributed by atoms with Crippen LogP contribution >= 0.6 is 0 Å². The van der Waals surface area contributed by atoms with Crippen molar-refractivity contribution in [1.82, 2.24) is 35.6 Å². The largest absolute Gasteiger partial charge is 0.598 e. The maximum absolute atomic E-state index is 14.8. The van der Waals surface area contributed by atoms with Gasteiger partial charge in [-0.1, -0.05) is 101 Å². The number of aromatic amines is 3. The lowest BCUT2D eigenvalue weighted by atomic mass is 9.95. The molecule has 0 aliphatic heterocycles. The third kappa shape index (κ3) is 20.2. The molecule has 0 saturated heterocycles. The smallest absolute Gasteiger partial charge is 0.346 e. The summed E-state index contributed by atoms with van der Waals surface area (Å²) in [4.78, 5) is 145. The summed E-state index contributed by atoms with van der Waals surface area (Å²) in [5, 5.41) is 125. The number of esters is 2. The van der Waals surface area contributed by atoms with Gasteiger partial charge in [0.25, 0.3) is 28.3 Å². The molecular weight excluding hydrogens is 1640 g/mol. The number of amides is 1. The minimum atomic E-state index is -1.37. The Morgan fingerprint density at radius 2 is 0.774 bits per heavy atom. The predicted octanol–water partition coefficient (Wildman–Crippen LogP) is 12.7. The molecule has 43 nitrogen and oxygen atoms in total. The fourth-order valence-electron chi connectivity index (χ4n) is 12.0. The predicted molar refractivity (Wildman–Crippen MR) is 426 cm³/mol. The molecule has 0 spiro atoms. The van der Waals surface area contributed by atoms with Crippen LogP contribution in [-0.2, 0) is 19.3 Å². The molecule has 0 unspecified atom stereocenters. The zero-order chi connectivity index (χ0) is 89.7. The maximum atomic E-state index is 14.8. The Labute approximate surface area is 688 Å². The number of halogens is 3. The highest BCUT2D eigenvalue weighted by molar-refractivity contribution is 6.07. The van der Waals surface area contributed by atoms with Crippen molar-refractivity contribution in [2.45, 2.75) is 26.2 Å². The zero-order valence-corrected chi connectivity index (χ0v) is 64.6. The van der Waals surface area contributed by atoms with Crippen LogP contribution in [0.5, 0.6) is 28.7 Å². The molecule has 13 rings (SSSR count). The Morgan fingerprint density at radius 3 is 1.21 bits per heavy atom. The van der Waals surface area contributed by atoms with Crippen molar-refractivity contribution < 1.29 is 90.8 Å². The molecule has 13 aromatic rings. The van der Waals surface area contributed by atoms with Crippen molar-refractivity contribution in [3.05, 3.63) is 359 Å². The van der Waals surface area contributed by atoms with Gasteiger partial charge < -0.3 is 34.8 Å². The minimum Gasteiger partial charge on any atom is -0.598 e. The fraction of sp³-hybridized carbons (Fsp3) is 0.115. The van der Waals surface area contributed by atoms with E-state index in [0.717, 1.165) is 62.6 Å². The third-order valence-corrected chi connectivity index (χ3v) is 17.9. The van der Waals surface area contributed by atoms with Crippen molar-refractivity contribution in [2.24, 2.45) is 15.8 Å². The van der Waals surface area contributed by atoms with Crippen molar-refractivity contribution >= 4 is 84.3 Å². The number of benzene rings is 10. The molecule has 10 aromatic carbocycles. The Kier molecular flexibility index (Phi) is 26.4. The average molecular weight is 1700 g/mol. The van der Waals surface area contributed by atoms with Gasteiger partial charge in [-0.05, 0) is 95.4 Å². The molecule has 46 heteroatoms. The van der Waals surface area contributed by atoms with Gasteiger partial charge in [0, 0.05) is 72.3 Å². The molecule has 3 aromatic heterocycles. The van der Waals surface area contributed by atoms with E-state index in [1.54, 1.807) is 91.0 Å². The monoisotopic (exact) mass is 1700 g/mol. The SMILES string of the molecule is C/[N+]([O-])=N/Oc1cc(OC(=O)c2cc(Cc3n[nH]c(=O)c4ccccc34)ccc2F)c([N+](=O)[O-])cc1[N+](=O)[O-].CN(C(=O)c1cc(Cc2n[nH]c(=O)c3ccccc23)ccc1F)c1cc(O/N=[N+](/C)[O-])c([N+](=O)[O-])cc1[N+](=O)[O-].Cc1cc([N+](=O)[O-])c(OC(=O)c2cc(Cc3n[nH]c(=O)c4ccccc34)ccc2-c2ccc(F)cc2)cc1O/N=[N+](\[O-])N(C)C. The van der Waals surface area contributed by atoms with E-state index in [9.17, 15) is 108 Å². The maximum Gasteiger partial charge on any atom is 0.346 e. The molecule has 0 atom stereocenters. The van der Waals surface area contributed by atoms with Gasteiger partial charge in [0.1, 0.15) is 35.3 Å². The van der Waals surface area contributed by atoms with Gasteiger partial charge in [-0.25, -0.2) is 38.1 Å². The number of anilines is 1. The number of carbonyl (C=O) groups is 3. The van der Waals surface area contributed by atoms with Crippen molar-refractivity contribution in [3.8, 4) is 39.9 Å². The number of nitrogens with one attached hydrogen (secondary N) is 3. The molecule has 3 N–H and O–H groups in total. The molecule has 0 bridgehead atoms. The first-order valence-electron chi connectivity index (χ1n) is 35.4. The van der Waals surface area contributed by atoms with Crippen molar-refractivity contribution in [3.63, 3.8) is 0 Å². The molecule has 0 fully saturated rings. The van der Waals surface area contributed by atoms with Crippen LogP contribution in [0.3, 0.4) is 0 Å². The van der Waals surface area contributed by atoms with Gasteiger partial charge >= 0.3 is 34.7 Å². The topological polar surface area (TPSA) is 572 Å². The van der Waals surface area contributed by atoms with E-state index in [-0.39, 0.29) is 56.4 Å². The highest BCUT2D eigenvalue weighted by Crippen LogP contribution is 2.43. The number of aromatic nitrogens is 6. The zero-order valence-electron chi connectivity index (χ0n) is 64.6. The number of hydrogen-bond acceptors (Lipinski definition) is 30. The van der Waals surface area contributed by atoms with Crippen LogP contribution in [-0.4, -0.2) is 128 Å². The second-order valence-corrected chi connectivity index (χ2v) is 26.3. The second-order valence-electron chi connectivity index (χ2n) is 26.3. The third-order valence-electron chi connectivity index (χ3n) is 17.9. The van der Waals surface area contributed by atoms with Gasteiger partial charge in [-0.3, -0.25) is 79.4 Å². The van der Waals surface area contributed by atoms with E-state index in [1.165, 1.54) is 63.5 Å². The van der Waals surface area contributed by atoms with Crippen LogP contribution < -0.4 is 45.6 Å². The number of nitrogens with zero attached hydrogens (tertiary/aromatic N) is 16. The van der Waals surface area contributed by atoms with Crippen LogP contribution in [0.15, 0.2) is 218 Å². The number of fused-ring (bicyclic) bond motifs is 3. The first-order chi connectivity index (χ1) is 59.0. The summed E-state index contributed by atoms with van der Waals surface area (Å²) < 4.78 is 53.8. The van der Waals surface area contributed by atoms with Gasteiger partial charge in [-0.2, -0.15) is 20.3 Å². The fourth-order valence-corrected chi connectivity index (χ4v) is 12.0. The number of aryl methyl sites for hydroxylation is 1. The number of nitro benzene ring substituents is 5. The highest BCUT2D eigenvalue weighted by atomic mass is 19.1. The lowest BCUT2D eigenvalue weighted by Crippen LogP contribution is -2.28. The molecule has 0 radical (unpaired) electrons. The summed E-state index contributed by atoms with van der Waals surface area (Å²) in [7, 11) is 5.78. The molecule has 1 amide bonds. The van der Waals surface area contributed by atoms with Crippen LogP contribution in [0.4, 0.5) is 47.3 Å². The van der Waals surface area contributed by atoms with Crippen LogP contribution in [0.2, 0.25) is 0 Å². The minimum absolute atomic E-state index is 0.0215. The van der Waals surface area contributed by atoms with Gasteiger partial charge in [-0.15, -0.1) is 0 Å². The van der Waals surface area contributed by atoms with E-state index < -0.39 is 139 Å². The summed E-state index contributed by atoms with van der Waals surface area (Å²) in [6.45, 7) is 1.50. The lowest BCUT2D eigenvalue weighted by Gasteiger charge is -2.18. The normalized spacial score (nSPS) is 11.3. The molecule has 0 saturated carbocycles. The van der Waals surface area contributed by atoms with E-state index >= 15 is 0 Å². The molecular formula is C78H58F3N19O24. The summed E-state index contributed by atoms with van der Waals surface area (Å²) in [6.07, 6.45) is 0.377. The van der Waals surface area contributed by atoms with E-state index in [4.69, 9.17) is 19.1 Å². The number of nitro groups is 5. The first-order valence-corrected chi connectivity index (χ1v) is 35.4. The number of hydrazine groups is 1. The standard InChI is InChI=1S/C31H25FN6O7.C24H18FN7O8.C23H15FN6O9/c1-18-14-27(37(41)42)29(17-28(18)45-35-38(43)36(2)3)44-31(40)25-15-19(8-13-22(25)20-9-11-21(32)12-10-20)16-26-23-6-4-5-7-24(23)30(39)34-33-26;1-29(19-12-22(40-28-30(2)35)21(32(38)39)11-20(19)31(36)37)24(34)16-9-13(7-8-17(16)25)10-18-14-5-3-4-6-15(14)23(33)27-26-18;1-28(33)27-39-21-11-20(18(29(34)35)10-19(21)30(36)37)38-23(32)15-8-12(6-7-16(15)24)9-17-13-4-2-3-5-14(13)22(31)26-25-17/h4-15,17H,16H2,1-3H3,(H,34,39);3-9,11-12H,10H2,1-2H3,(H,27,33);2-8,10-11H,9H2,1H3,(H,26,31)/b38-35-;30-28-;28-27-. The molecule has 0 aliphatic carbocycles. The number of rotatable bonds is 25.